The fourth-order valence-corrected chi connectivity index (χ4v) is 2.56. The summed E-state index contributed by atoms with van der Waals surface area (Å²) in [5, 5.41) is 3.48. The van der Waals surface area contributed by atoms with E-state index in [4.69, 9.17) is 23.2 Å². The zero-order valence-corrected chi connectivity index (χ0v) is 13.5. The van der Waals surface area contributed by atoms with Crippen molar-refractivity contribution in [2.75, 3.05) is 0 Å². The predicted octanol–water partition coefficient (Wildman–Crippen LogP) is 4.33. The summed E-state index contributed by atoms with van der Waals surface area (Å²) in [7, 11) is 0. The van der Waals surface area contributed by atoms with E-state index in [1.807, 2.05) is 13.8 Å². The van der Waals surface area contributed by atoms with Gasteiger partial charge in [-0.1, -0.05) is 44.0 Å². The van der Waals surface area contributed by atoms with Crippen LogP contribution in [0.15, 0.2) is 12.3 Å². The number of pyridine rings is 1. The maximum atomic E-state index is 12.2. The average molecular weight is 303 g/mol. The van der Waals surface area contributed by atoms with Crippen LogP contribution in [-0.4, -0.2) is 16.4 Å². The van der Waals surface area contributed by atoms with Crippen molar-refractivity contribution < 1.29 is 4.79 Å². The molecule has 0 aliphatic rings. The van der Waals surface area contributed by atoms with Crippen LogP contribution < -0.4 is 5.32 Å². The second-order valence-corrected chi connectivity index (χ2v) is 7.34. The van der Waals surface area contributed by atoms with Crippen LogP contribution in [0.25, 0.3) is 0 Å². The van der Waals surface area contributed by atoms with Crippen molar-refractivity contribution in [2.45, 2.75) is 46.6 Å². The van der Waals surface area contributed by atoms with Crippen LogP contribution in [0.5, 0.6) is 0 Å². The molecule has 0 fully saturated rings. The maximum Gasteiger partial charge on any atom is 0.253 e. The van der Waals surface area contributed by atoms with Gasteiger partial charge in [-0.2, -0.15) is 0 Å². The summed E-state index contributed by atoms with van der Waals surface area (Å²) < 4.78 is 0. The Labute approximate surface area is 124 Å². The summed E-state index contributed by atoms with van der Waals surface area (Å²) in [6.45, 7) is 10.4. The first kappa shape index (κ1) is 16.3. The lowest BCUT2D eigenvalue weighted by atomic mass is 9.81. The van der Waals surface area contributed by atoms with E-state index in [1.165, 1.54) is 12.3 Å². The van der Waals surface area contributed by atoms with E-state index >= 15 is 0 Å². The fourth-order valence-electron chi connectivity index (χ4n) is 2.29. The van der Waals surface area contributed by atoms with E-state index in [2.05, 4.69) is 31.1 Å². The molecule has 0 saturated heterocycles. The Kier molecular flexibility index (Phi) is 4.86. The van der Waals surface area contributed by atoms with Crippen LogP contribution in [0.3, 0.4) is 0 Å². The molecule has 0 spiro atoms. The van der Waals surface area contributed by atoms with Crippen molar-refractivity contribution in [2.24, 2.45) is 5.41 Å². The van der Waals surface area contributed by atoms with Gasteiger partial charge in [0.2, 0.25) is 0 Å². The monoisotopic (exact) mass is 302 g/mol. The van der Waals surface area contributed by atoms with E-state index in [0.29, 0.717) is 5.56 Å². The molecule has 0 aliphatic heterocycles. The third kappa shape index (κ3) is 5.37. The first-order chi connectivity index (χ1) is 8.50. The number of hydrogen-bond acceptors (Lipinski definition) is 2. The van der Waals surface area contributed by atoms with Crippen molar-refractivity contribution in [3.05, 3.63) is 28.0 Å². The second-order valence-electron chi connectivity index (χ2n) is 6.57. The van der Waals surface area contributed by atoms with E-state index < -0.39 is 0 Å². The lowest BCUT2D eigenvalue weighted by Gasteiger charge is -2.33. The van der Waals surface area contributed by atoms with Gasteiger partial charge in [0, 0.05) is 11.7 Å². The van der Waals surface area contributed by atoms with Gasteiger partial charge in [0.05, 0.1) is 10.6 Å². The summed E-state index contributed by atoms with van der Waals surface area (Å²) in [5.74, 6) is -0.194. The molecular formula is C14H20Cl2N2O. The molecule has 0 bridgehead atoms. The Morgan fingerprint density at radius 1 is 1.26 bits per heavy atom. The van der Waals surface area contributed by atoms with Gasteiger partial charge in [-0.15, -0.1) is 0 Å². The molecule has 0 aliphatic carbocycles. The highest BCUT2D eigenvalue weighted by Gasteiger charge is 2.27. The van der Waals surface area contributed by atoms with Gasteiger partial charge in [-0.25, -0.2) is 4.98 Å². The summed E-state index contributed by atoms with van der Waals surface area (Å²) in [4.78, 5) is 16.0. The predicted molar refractivity (Wildman–Crippen MR) is 79.9 cm³/mol. The highest BCUT2D eigenvalue weighted by atomic mass is 35.5. The number of halogens is 2. The molecule has 5 heteroatoms. The number of rotatable bonds is 3. The quantitative estimate of drug-likeness (QED) is 0.844. The average Bonchev–Trinajstić information content (AvgIpc) is 2.17. The fraction of sp³-hybridized carbons (Fsp3) is 0.571. The number of carbonyl (C=O) groups is 1. The minimum absolute atomic E-state index is 0.132. The number of hydrogen-bond donors (Lipinski definition) is 1. The lowest BCUT2D eigenvalue weighted by molar-refractivity contribution is 0.0891. The minimum Gasteiger partial charge on any atom is -0.347 e. The summed E-state index contributed by atoms with van der Waals surface area (Å²) in [6, 6.07) is 1.53. The first-order valence-corrected chi connectivity index (χ1v) is 6.89. The molecule has 1 aromatic rings. The molecule has 0 aromatic carbocycles. The molecule has 1 heterocycles. The third-order valence-corrected chi connectivity index (χ3v) is 3.17. The smallest absolute Gasteiger partial charge is 0.253 e. The van der Waals surface area contributed by atoms with E-state index in [1.54, 1.807) is 0 Å². The molecule has 1 N–H and O–H groups in total. The maximum absolute atomic E-state index is 12.2. The zero-order valence-electron chi connectivity index (χ0n) is 12.0. The van der Waals surface area contributed by atoms with Gasteiger partial charge in [-0.3, -0.25) is 4.79 Å². The number of nitrogens with one attached hydrogen (secondary N) is 1. The van der Waals surface area contributed by atoms with Crippen LogP contribution in [0.1, 0.15) is 51.4 Å². The third-order valence-electron chi connectivity index (χ3n) is 2.48. The van der Waals surface area contributed by atoms with Gasteiger partial charge in [0.25, 0.3) is 5.91 Å². The molecule has 106 valence electrons. The van der Waals surface area contributed by atoms with Gasteiger partial charge in [-0.05, 0) is 31.7 Å². The van der Waals surface area contributed by atoms with Gasteiger partial charge in [0.1, 0.15) is 5.15 Å². The largest absolute Gasteiger partial charge is 0.347 e. The summed E-state index contributed by atoms with van der Waals surface area (Å²) in [6.07, 6.45) is 2.29. The van der Waals surface area contributed by atoms with E-state index in [-0.39, 0.29) is 27.0 Å². The number of aromatic nitrogens is 1. The van der Waals surface area contributed by atoms with Crippen LogP contribution in [0.4, 0.5) is 0 Å². The van der Waals surface area contributed by atoms with Crippen molar-refractivity contribution in [1.29, 1.82) is 0 Å². The highest BCUT2D eigenvalue weighted by molar-refractivity contribution is 6.41. The Bertz CT molecular complexity index is 479. The molecule has 0 unspecified atom stereocenters. The Morgan fingerprint density at radius 3 is 2.32 bits per heavy atom. The summed E-state index contributed by atoms with van der Waals surface area (Å²) >= 11 is 11.6. The molecule has 3 nitrogen and oxygen atoms in total. The van der Waals surface area contributed by atoms with E-state index in [0.717, 1.165) is 6.42 Å². The Balaban J connectivity index is 2.81. The Hall–Kier alpha value is -0.800. The normalized spacial score (nSPS) is 12.4. The van der Waals surface area contributed by atoms with Crippen molar-refractivity contribution in [1.82, 2.24) is 10.3 Å². The van der Waals surface area contributed by atoms with Crippen molar-refractivity contribution in [3.63, 3.8) is 0 Å². The Morgan fingerprint density at radius 2 is 1.84 bits per heavy atom. The zero-order chi connectivity index (χ0) is 14.8. The number of nitrogens with zero attached hydrogens (tertiary/aromatic N) is 1. The molecule has 0 saturated carbocycles. The standard InChI is InChI=1S/C14H20Cl2N2O/c1-13(2,3)8-14(4,5)18-12(19)9-6-10(15)11(16)17-7-9/h6-7H,8H2,1-5H3,(H,18,19). The van der Waals surface area contributed by atoms with Crippen LogP contribution >= 0.6 is 23.2 Å². The molecule has 19 heavy (non-hydrogen) atoms. The highest BCUT2D eigenvalue weighted by Crippen LogP contribution is 2.27. The van der Waals surface area contributed by atoms with E-state index in [9.17, 15) is 4.79 Å². The molecule has 1 rings (SSSR count). The summed E-state index contributed by atoms with van der Waals surface area (Å²) in [5.41, 5.74) is 0.241. The second kappa shape index (κ2) is 5.68. The molecule has 0 atom stereocenters. The van der Waals surface area contributed by atoms with Crippen LogP contribution in [0.2, 0.25) is 10.2 Å². The molecule has 0 radical (unpaired) electrons. The molecular weight excluding hydrogens is 283 g/mol. The van der Waals surface area contributed by atoms with Gasteiger partial charge < -0.3 is 5.32 Å². The van der Waals surface area contributed by atoms with Crippen molar-refractivity contribution in [3.8, 4) is 0 Å². The number of carbonyl (C=O) groups excluding carboxylic acids is 1. The van der Waals surface area contributed by atoms with Crippen LogP contribution in [-0.2, 0) is 0 Å². The topological polar surface area (TPSA) is 42.0 Å². The number of amides is 1. The molecule has 1 amide bonds. The minimum atomic E-state index is -0.304. The first-order valence-electron chi connectivity index (χ1n) is 6.14. The van der Waals surface area contributed by atoms with Crippen LogP contribution in [0, 0.1) is 5.41 Å². The lowest BCUT2D eigenvalue weighted by Crippen LogP contribution is -2.45. The SMILES string of the molecule is CC(C)(C)CC(C)(C)NC(=O)c1cnc(Cl)c(Cl)c1. The van der Waals surface area contributed by atoms with Gasteiger partial charge >= 0.3 is 0 Å². The molecule has 1 aromatic heterocycles. The van der Waals surface area contributed by atoms with Gasteiger partial charge in [0.15, 0.2) is 0 Å². The van der Waals surface area contributed by atoms with Crippen molar-refractivity contribution >= 4 is 29.1 Å².